The predicted molar refractivity (Wildman–Crippen MR) is 80.5 cm³/mol. The predicted octanol–water partition coefficient (Wildman–Crippen LogP) is 1.33. The molecular weight excluding hydrogens is 290 g/mol. The number of fused-ring (bicyclic) bond motifs is 1. The third-order valence-corrected chi connectivity index (χ3v) is 5.52. The maximum absolute atomic E-state index is 12.9. The van der Waals surface area contributed by atoms with E-state index in [1.807, 2.05) is 18.2 Å². The van der Waals surface area contributed by atoms with Gasteiger partial charge in [-0.2, -0.15) is 0 Å². The van der Waals surface area contributed by atoms with Crippen molar-refractivity contribution >= 4 is 10.8 Å². The van der Waals surface area contributed by atoms with Gasteiger partial charge in [-0.25, -0.2) is 0 Å². The molecule has 3 unspecified atom stereocenters. The smallest absolute Gasteiger partial charge is 0.162 e. The molecule has 3 atom stereocenters. The van der Waals surface area contributed by atoms with E-state index in [4.69, 9.17) is 14.2 Å². The van der Waals surface area contributed by atoms with E-state index >= 15 is 0 Å². The topological polar surface area (TPSA) is 56.8 Å². The molecule has 1 aromatic carbocycles. The summed E-state index contributed by atoms with van der Waals surface area (Å²) in [5.74, 6) is 1.41. The van der Waals surface area contributed by atoms with Crippen LogP contribution in [-0.4, -0.2) is 48.5 Å². The average molecular weight is 311 g/mol. The molecule has 2 aliphatic heterocycles. The van der Waals surface area contributed by atoms with Crippen LogP contribution in [0.5, 0.6) is 11.5 Å². The molecular formula is C15H21NO4S. The van der Waals surface area contributed by atoms with Crippen molar-refractivity contribution < 1.29 is 18.4 Å². The first-order valence-electron chi connectivity index (χ1n) is 7.41. The number of ether oxygens (including phenoxy) is 3. The Balaban J connectivity index is 1.80. The van der Waals surface area contributed by atoms with Crippen LogP contribution < -0.4 is 14.8 Å². The summed E-state index contributed by atoms with van der Waals surface area (Å²) in [5, 5.41) is 3.39. The highest BCUT2D eigenvalue weighted by molar-refractivity contribution is 7.85. The Kier molecular flexibility index (Phi) is 4.77. The van der Waals surface area contributed by atoms with E-state index in [9.17, 15) is 4.21 Å². The van der Waals surface area contributed by atoms with Crippen molar-refractivity contribution in [3.8, 4) is 11.5 Å². The first-order chi connectivity index (χ1) is 10.3. The molecule has 3 rings (SSSR count). The Morgan fingerprint density at radius 1 is 1.24 bits per heavy atom. The first kappa shape index (κ1) is 14.8. The molecule has 0 bridgehead atoms. The van der Waals surface area contributed by atoms with E-state index in [1.165, 1.54) is 0 Å². The van der Waals surface area contributed by atoms with Gasteiger partial charge in [-0.15, -0.1) is 0 Å². The number of nitrogens with one attached hydrogen (secondary N) is 1. The van der Waals surface area contributed by atoms with Crippen molar-refractivity contribution in [3.63, 3.8) is 0 Å². The summed E-state index contributed by atoms with van der Waals surface area (Å²) < 4.78 is 29.5. The summed E-state index contributed by atoms with van der Waals surface area (Å²) in [7, 11) is -1.12. The molecule has 0 aromatic heterocycles. The zero-order valence-electron chi connectivity index (χ0n) is 12.2. The van der Waals surface area contributed by atoms with Crippen LogP contribution in [0.3, 0.4) is 0 Å². The first-order valence-corrected chi connectivity index (χ1v) is 8.62. The second kappa shape index (κ2) is 6.77. The molecule has 0 spiro atoms. The molecule has 116 valence electrons. The van der Waals surface area contributed by atoms with E-state index in [0.717, 1.165) is 30.2 Å². The minimum absolute atomic E-state index is 0.0266. The Hall–Kier alpha value is -1.11. The molecule has 0 radical (unpaired) electrons. The highest BCUT2D eigenvalue weighted by atomic mass is 32.2. The van der Waals surface area contributed by atoms with Crippen LogP contribution in [0, 0.1) is 0 Å². The van der Waals surface area contributed by atoms with Crippen molar-refractivity contribution in [2.45, 2.75) is 29.5 Å². The lowest BCUT2D eigenvalue weighted by Crippen LogP contribution is -2.48. The maximum Gasteiger partial charge on any atom is 0.162 e. The summed E-state index contributed by atoms with van der Waals surface area (Å²) >= 11 is 0. The number of hydrogen-bond acceptors (Lipinski definition) is 5. The van der Waals surface area contributed by atoms with Crippen molar-refractivity contribution in [2.24, 2.45) is 0 Å². The van der Waals surface area contributed by atoms with Crippen LogP contribution in [0.15, 0.2) is 23.1 Å². The average Bonchev–Trinajstić information content (AvgIpc) is 2.54. The fraction of sp³-hybridized carbons (Fsp3) is 0.600. The summed E-state index contributed by atoms with van der Waals surface area (Å²) in [6.45, 7) is 5.30. The van der Waals surface area contributed by atoms with Gasteiger partial charge in [0.25, 0.3) is 0 Å². The lowest BCUT2D eigenvalue weighted by atomic mass is 10.1. The normalized spacial score (nSPS) is 26.3. The third kappa shape index (κ3) is 3.22. The molecule has 21 heavy (non-hydrogen) atoms. The standard InChI is InChI=1S/C15H21NO4S/c1-2-16-12-5-6-18-10-15(12)21(17)11-3-4-13-14(9-11)20-8-7-19-13/h3-4,9,12,15-16H,2,5-8,10H2,1H3. The molecule has 2 aliphatic rings. The zero-order valence-corrected chi connectivity index (χ0v) is 13.0. The Morgan fingerprint density at radius 3 is 2.86 bits per heavy atom. The molecule has 1 N–H and O–H groups in total. The van der Waals surface area contributed by atoms with Gasteiger partial charge in [0.2, 0.25) is 0 Å². The minimum atomic E-state index is -1.12. The van der Waals surface area contributed by atoms with E-state index in [-0.39, 0.29) is 11.3 Å². The summed E-state index contributed by atoms with van der Waals surface area (Å²) in [6, 6.07) is 5.77. The molecule has 6 heteroatoms. The summed E-state index contributed by atoms with van der Waals surface area (Å²) in [6.07, 6.45) is 0.898. The van der Waals surface area contributed by atoms with E-state index in [0.29, 0.717) is 25.6 Å². The van der Waals surface area contributed by atoms with Gasteiger partial charge in [0.1, 0.15) is 13.2 Å². The fourth-order valence-corrected chi connectivity index (χ4v) is 4.27. The van der Waals surface area contributed by atoms with Gasteiger partial charge in [-0.1, -0.05) is 6.92 Å². The second-order valence-corrected chi connectivity index (χ2v) is 6.84. The Morgan fingerprint density at radius 2 is 2.05 bits per heavy atom. The number of rotatable bonds is 4. The van der Waals surface area contributed by atoms with Gasteiger partial charge in [0, 0.05) is 23.6 Å². The maximum atomic E-state index is 12.9. The number of hydrogen-bond donors (Lipinski definition) is 1. The summed E-state index contributed by atoms with van der Waals surface area (Å²) in [4.78, 5) is 0.776. The Labute approximate surface area is 127 Å². The van der Waals surface area contributed by atoms with Gasteiger partial charge >= 0.3 is 0 Å². The quantitative estimate of drug-likeness (QED) is 0.909. The van der Waals surface area contributed by atoms with E-state index in [2.05, 4.69) is 12.2 Å². The molecule has 0 aliphatic carbocycles. The van der Waals surface area contributed by atoms with Gasteiger partial charge in [-0.3, -0.25) is 4.21 Å². The van der Waals surface area contributed by atoms with E-state index < -0.39 is 10.8 Å². The van der Waals surface area contributed by atoms with Gasteiger partial charge in [0.05, 0.1) is 22.7 Å². The van der Waals surface area contributed by atoms with Crippen LogP contribution in [-0.2, 0) is 15.5 Å². The van der Waals surface area contributed by atoms with Crippen LogP contribution in [0.1, 0.15) is 13.3 Å². The van der Waals surface area contributed by atoms with Crippen LogP contribution in [0.2, 0.25) is 0 Å². The van der Waals surface area contributed by atoms with Gasteiger partial charge < -0.3 is 19.5 Å². The van der Waals surface area contributed by atoms with Gasteiger partial charge in [-0.05, 0) is 25.1 Å². The lowest BCUT2D eigenvalue weighted by Gasteiger charge is -2.31. The van der Waals surface area contributed by atoms with Crippen molar-refractivity contribution in [1.82, 2.24) is 5.32 Å². The molecule has 1 fully saturated rings. The third-order valence-electron chi connectivity index (χ3n) is 3.79. The van der Waals surface area contributed by atoms with E-state index in [1.54, 1.807) is 0 Å². The molecule has 5 nitrogen and oxygen atoms in total. The van der Waals surface area contributed by atoms with Crippen molar-refractivity contribution in [3.05, 3.63) is 18.2 Å². The minimum Gasteiger partial charge on any atom is -0.486 e. The highest BCUT2D eigenvalue weighted by Crippen LogP contribution is 2.33. The molecule has 0 amide bonds. The summed E-state index contributed by atoms with van der Waals surface area (Å²) in [5.41, 5.74) is 0. The van der Waals surface area contributed by atoms with Crippen LogP contribution >= 0.6 is 0 Å². The van der Waals surface area contributed by atoms with Crippen LogP contribution in [0.4, 0.5) is 0 Å². The second-order valence-electron chi connectivity index (χ2n) is 5.17. The largest absolute Gasteiger partial charge is 0.486 e. The van der Waals surface area contributed by atoms with Crippen LogP contribution in [0.25, 0.3) is 0 Å². The van der Waals surface area contributed by atoms with Crippen molar-refractivity contribution in [1.29, 1.82) is 0 Å². The monoisotopic (exact) mass is 311 g/mol. The zero-order chi connectivity index (χ0) is 14.7. The molecule has 2 heterocycles. The van der Waals surface area contributed by atoms with Gasteiger partial charge in [0.15, 0.2) is 11.5 Å². The molecule has 1 saturated heterocycles. The molecule has 1 aromatic rings. The Bertz CT molecular complexity index is 520. The molecule has 0 saturated carbocycles. The SMILES string of the molecule is CCNC1CCOCC1S(=O)c1ccc2c(c1)OCCO2. The lowest BCUT2D eigenvalue weighted by molar-refractivity contribution is 0.0824. The fourth-order valence-electron chi connectivity index (χ4n) is 2.74. The number of benzene rings is 1. The van der Waals surface area contributed by atoms with Crippen molar-refractivity contribution in [2.75, 3.05) is 33.0 Å². The highest BCUT2D eigenvalue weighted by Gasteiger charge is 2.31.